The Balaban J connectivity index is 2.03. The molecule has 1 aliphatic rings. The molecule has 1 amide bonds. The predicted molar refractivity (Wildman–Crippen MR) is 77.8 cm³/mol. The molecule has 1 saturated heterocycles. The maximum absolute atomic E-state index is 13.2. The fourth-order valence-electron chi connectivity index (χ4n) is 2.81. The van der Waals surface area contributed by atoms with Crippen LogP contribution in [0.5, 0.6) is 0 Å². The van der Waals surface area contributed by atoms with Gasteiger partial charge >= 0.3 is 0 Å². The van der Waals surface area contributed by atoms with Gasteiger partial charge in [-0.15, -0.1) is 0 Å². The molecule has 4 heteroatoms. The van der Waals surface area contributed by atoms with Gasteiger partial charge in [-0.2, -0.15) is 0 Å². The highest BCUT2D eigenvalue weighted by Crippen LogP contribution is 2.30. The Bertz CT molecular complexity index is 487. The van der Waals surface area contributed by atoms with Crippen molar-refractivity contribution in [3.05, 3.63) is 35.6 Å². The first-order chi connectivity index (χ1) is 9.40. The molecule has 3 nitrogen and oxygen atoms in total. The topological polar surface area (TPSA) is 41.1 Å². The summed E-state index contributed by atoms with van der Waals surface area (Å²) < 4.78 is 13.2. The maximum Gasteiger partial charge on any atom is 0.238 e. The summed E-state index contributed by atoms with van der Waals surface area (Å²) in [5.74, 6) is -0.286. The van der Waals surface area contributed by atoms with Crippen molar-refractivity contribution in [2.75, 3.05) is 6.54 Å². The second kappa shape index (κ2) is 5.92. The maximum atomic E-state index is 13.2. The molecule has 1 aliphatic heterocycles. The van der Waals surface area contributed by atoms with Gasteiger partial charge in [-0.1, -0.05) is 26.0 Å². The summed E-state index contributed by atoms with van der Waals surface area (Å²) in [5.41, 5.74) is 0.733. The number of nitrogens with one attached hydrogen (secondary N) is 2. The van der Waals surface area contributed by atoms with Crippen molar-refractivity contribution in [1.82, 2.24) is 10.6 Å². The molecule has 1 fully saturated rings. The van der Waals surface area contributed by atoms with Gasteiger partial charge in [0.25, 0.3) is 0 Å². The minimum absolute atomic E-state index is 0.00791. The Morgan fingerprint density at radius 2 is 2.25 bits per heavy atom. The standard InChI is InChI=1S/C16H23FN2O/c1-11(12-6-4-7-13(17)10-12)19-15(20)14-16(2,3)8-5-9-18-14/h4,6-7,10-11,14,18H,5,8-9H2,1-3H3,(H,19,20). The Kier molecular flexibility index (Phi) is 4.43. The Morgan fingerprint density at radius 3 is 2.90 bits per heavy atom. The lowest BCUT2D eigenvalue weighted by molar-refractivity contribution is -0.127. The molecule has 1 aromatic rings. The molecule has 0 bridgehead atoms. The van der Waals surface area contributed by atoms with Crippen molar-refractivity contribution in [2.45, 2.75) is 45.7 Å². The summed E-state index contributed by atoms with van der Waals surface area (Å²) >= 11 is 0. The molecule has 0 saturated carbocycles. The average molecular weight is 278 g/mol. The normalized spacial score (nSPS) is 23.1. The second-order valence-corrected chi connectivity index (χ2v) is 6.26. The van der Waals surface area contributed by atoms with Gasteiger partial charge in [0.05, 0.1) is 12.1 Å². The van der Waals surface area contributed by atoms with E-state index in [1.54, 1.807) is 6.07 Å². The molecule has 110 valence electrons. The van der Waals surface area contributed by atoms with E-state index >= 15 is 0 Å². The van der Waals surface area contributed by atoms with E-state index < -0.39 is 0 Å². The van der Waals surface area contributed by atoms with E-state index in [4.69, 9.17) is 0 Å². The quantitative estimate of drug-likeness (QED) is 0.892. The monoisotopic (exact) mass is 278 g/mol. The van der Waals surface area contributed by atoms with Crippen LogP contribution in [-0.4, -0.2) is 18.5 Å². The third-order valence-electron chi connectivity index (χ3n) is 4.10. The van der Waals surface area contributed by atoms with Crippen molar-refractivity contribution in [1.29, 1.82) is 0 Å². The number of hydrogen-bond acceptors (Lipinski definition) is 2. The molecule has 2 N–H and O–H groups in total. The van der Waals surface area contributed by atoms with E-state index in [1.807, 2.05) is 13.0 Å². The Labute approximate surface area is 120 Å². The van der Waals surface area contributed by atoms with Crippen LogP contribution in [0.2, 0.25) is 0 Å². The molecular formula is C16H23FN2O. The molecule has 0 aromatic heterocycles. The fourth-order valence-corrected chi connectivity index (χ4v) is 2.81. The number of hydrogen-bond donors (Lipinski definition) is 2. The number of amides is 1. The SMILES string of the molecule is CC(NC(=O)C1NCCCC1(C)C)c1cccc(F)c1. The van der Waals surface area contributed by atoms with Crippen LogP contribution in [0.15, 0.2) is 24.3 Å². The smallest absolute Gasteiger partial charge is 0.238 e. The Morgan fingerprint density at radius 1 is 1.50 bits per heavy atom. The first kappa shape index (κ1) is 15.0. The highest BCUT2D eigenvalue weighted by molar-refractivity contribution is 5.83. The third kappa shape index (κ3) is 3.37. The molecule has 2 unspecified atom stereocenters. The van der Waals surface area contributed by atoms with Gasteiger partial charge < -0.3 is 10.6 Å². The second-order valence-electron chi connectivity index (χ2n) is 6.26. The van der Waals surface area contributed by atoms with E-state index in [2.05, 4.69) is 24.5 Å². The zero-order valence-corrected chi connectivity index (χ0v) is 12.4. The third-order valence-corrected chi connectivity index (χ3v) is 4.10. The van der Waals surface area contributed by atoms with Crippen LogP contribution in [-0.2, 0) is 4.79 Å². The number of carbonyl (C=O) groups excluding carboxylic acids is 1. The predicted octanol–water partition coefficient (Wildman–Crippen LogP) is 2.78. The van der Waals surface area contributed by atoms with Crippen LogP contribution < -0.4 is 10.6 Å². The first-order valence-electron chi connectivity index (χ1n) is 7.19. The van der Waals surface area contributed by atoms with E-state index in [-0.39, 0.29) is 29.2 Å². The van der Waals surface area contributed by atoms with Gasteiger partial charge in [-0.3, -0.25) is 4.79 Å². The average Bonchev–Trinajstić information content (AvgIpc) is 2.37. The molecule has 2 rings (SSSR count). The summed E-state index contributed by atoms with van der Waals surface area (Å²) in [6.07, 6.45) is 2.13. The molecule has 1 heterocycles. The number of halogens is 1. The lowest BCUT2D eigenvalue weighted by atomic mass is 9.77. The van der Waals surface area contributed by atoms with E-state index in [0.29, 0.717) is 0 Å². The number of carbonyl (C=O) groups is 1. The van der Waals surface area contributed by atoms with Crippen LogP contribution in [0.4, 0.5) is 4.39 Å². The van der Waals surface area contributed by atoms with Gasteiger partial charge in [-0.05, 0) is 49.4 Å². The number of rotatable bonds is 3. The Hall–Kier alpha value is -1.42. The minimum atomic E-state index is -0.278. The summed E-state index contributed by atoms with van der Waals surface area (Å²) in [6, 6.07) is 5.97. The van der Waals surface area contributed by atoms with Crippen LogP contribution in [0.3, 0.4) is 0 Å². The zero-order chi connectivity index (χ0) is 14.8. The van der Waals surface area contributed by atoms with Crippen LogP contribution in [0.25, 0.3) is 0 Å². The molecule has 0 aliphatic carbocycles. The van der Waals surface area contributed by atoms with Gasteiger partial charge in [-0.25, -0.2) is 4.39 Å². The summed E-state index contributed by atoms with van der Waals surface area (Å²) in [4.78, 5) is 12.4. The van der Waals surface area contributed by atoms with Gasteiger partial charge in [0.2, 0.25) is 5.91 Å². The lowest BCUT2D eigenvalue weighted by Gasteiger charge is -2.38. The molecule has 0 radical (unpaired) electrons. The molecule has 0 spiro atoms. The molecule has 20 heavy (non-hydrogen) atoms. The van der Waals surface area contributed by atoms with Crippen molar-refractivity contribution in [3.63, 3.8) is 0 Å². The molecule has 2 atom stereocenters. The number of piperidine rings is 1. The van der Waals surface area contributed by atoms with Gasteiger partial charge in [0, 0.05) is 0 Å². The largest absolute Gasteiger partial charge is 0.348 e. The minimum Gasteiger partial charge on any atom is -0.348 e. The van der Waals surface area contributed by atoms with Gasteiger partial charge in [0.15, 0.2) is 0 Å². The van der Waals surface area contributed by atoms with E-state index in [1.165, 1.54) is 12.1 Å². The van der Waals surface area contributed by atoms with Crippen LogP contribution in [0, 0.1) is 11.2 Å². The molecular weight excluding hydrogens is 255 g/mol. The van der Waals surface area contributed by atoms with Gasteiger partial charge in [0.1, 0.15) is 5.82 Å². The van der Waals surface area contributed by atoms with Crippen molar-refractivity contribution >= 4 is 5.91 Å². The lowest BCUT2D eigenvalue weighted by Crippen LogP contribution is -2.55. The number of benzene rings is 1. The van der Waals surface area contributed by atoms with Crippen LogP contribution >= 0.6 is 0 Å². The zero-order valence-electron chi connectivity index (χ0n) is 12.4. The summed E-state index contributed by atoms with van der Waals surface area (Å²) in [5, 5.41) is 6.27. The van der Waals surface area contributed by atoms with Crippen molar-refractivity contribution in [2.24, 2.45) is 5.41 Å². The van der Waals surface area contributed by atoms with Crippen LogP contribution in [0.1, 0.15) is 45.2 Å². The van der Waals surface area contributed by atoms with E-state index in [0.717, 1.165) is 24.9 Å². The van der Waals surface area contributed by atoms with Crippen molar-refractivity contribution < 1.29 is 9.18 Å². The van der Waals surface area contributed by atoms with Crippen molar-refractivity contribution in [3.8, 4) is 0 Å². The summed E-state index contributed by atoms with van der Waals surface area (Å²) in [6.45, 7) is 6.96. The van der Waals surface area contributed by atoms with E-state index in [9.17, 15) is 9.18 Å². The fraction of sp³-hybridized carbons (Fsp3) is 0.562. The first-order valence-corrected chi connectivity index (χ1v) is 7.19. The molecule has 1 aromatic carbocycles. The highest BCUT2D eigenvalue weighted by Gasteiger charge is 2.37. The highest BCUT2D eigenvalue weighted by atomic mass is 19.1. The summed E-state index contributed by atoms with van der Waals surface area (Å²) in [7, 11) is 0.